The summed E-state index contributed by atoms with van der Waals surface area (Å²) in [5, 5.41) is 0. The first-order valence-corrected chi connectivity index (χ1v) is 16.0. The number of piperazine rings is 1. The maximum atomic E-state index is 14.3. The number of sulfonamides is 1. The molecule has 2 atom stereocenters. The molecule has 222 valence electrons. The van der Waals surface area contributed by atoms with Gasteiger partial charge in [-0.25, -0.2) is 22.0 Å². The van der Waals surface area contributed by atoms with Gasteiger partial charge in [0.2, 0.25) is 10.0 Å². The maximum Gasteiger partial charge on any atom is 0.410 e. The molecule has 0 radical (unpaired) electrons. The van der Waals surface area contributed by atoms with Gasteiger partial charge in [0.1, 0.15) is 17.2 Å². The van der Waals surface area contributed by atoms with Gasteiger partial charge in [-0.1, -0.05) is 48.5 Å². The lowest BCUT2D eigenvalue weighted by Gasteiger charge is -2.45. The van der Waals surface area contributed by atoms with Crippen molar-refractivity contribution in [2.45, 2.75) is 61.2 Å². The van der Waals surface area contributed by atoms with Gasteiger partial charge >= 0.3 is 6.09 Å². The molecule has 1 amide bonds. The summed E-state index contributed by atoms with van der Waals surface area (Å²) in [7, 11) is -4.23. The molecule has 0 aromatic heterocycles. The van der Waals surface area contributed by atoms with Crippen molar-refractivity contribution in [1.29, 1.82) is 0 Å². The molecule has 3 aromatic carbocycles. The second kappa shape index (κ2) is 11.7. The van der Waals surface area contributed by atoms with Gasteiger partial charge in [0, 0.05) is 32.7 Å². The lowest BCUT2D eigenvalue weighted by atomic mass is 9.90. The van der Waals surface area contributed by atoms with Gasteiger partial charge < -0.3 is 9.64 Å². The second-order valence-electron chi connectivity index (χ2n) is 11.5. The van der Waals surface area contributed by atoms with E-state index in [1.165, 1.54) is 40.2 Å². The van der Waals surface area contributed by atoms with E-state index < -0.39 is 45.4 Å². The van der Waals surface area contributed by atoms with Crippen LogP contribution < -0.4 is 0 Å². The summed E-state index contributed by atoms with van der Waals surface area (Å²) in [5.41, 5.74) is 0.761. The van der Waals surface area contributed by atoms with Crippen molar-refractivity contribution in [2.75, 3.05) is 26.2 Å². The van der Waals surface area contributed by atoms with Crippen molar-refractivity contribution in [3.63, 3.8) is 0 Å². The van der Waals surface area contributed by atoms with Crippen LogP contribution in [0.5, 0.6) is 0 Å². The van der Waals surface area contributed by atoms with Gasteiger partial charge in [0.05, 0.1) is 17.0 Å². The summed E-state index contributed by atoms with van der Waals surface area (Å²) in [6, 6.07) is 19.7. The van der Waals surface area contributed by atoms with E-state index in [0.29, 0.717) is 63.8 Å². The van der Waals surface area contributed by atoms with Crippen LogP contribution in [0.3, 0.4) is 0 Å². The topological polar surface area (TPSA) is 70.2 Å². The summed E-state index contributed by atoms with van der Waals surface area (Å²) in [6.07, 6.45) is 2.26. The van der Waals surface area contributed by atoms with Crippen molar-refractivity contribution in [3.05, 3.63) is 102 Å². The molecule has 7 nitrogen and oxygen atoms in total. The SMILES string of the molecule is O=C(OC1([C@H]2CCC[C@@H](c3cccc(F)c3)N2S(=O)(=O)c2cccc(F)c2)CC1)N1CCN(Cc2ccccc2)CC1. The molecule has 3 aliphatic rings. The fourth-order valence-corrected chi connectivity index (χ4v) is 8.33. The molecular weight excluding hydrogens is 560 g/mol. The fraction of sp³-hybridized carbons (Fsp3) is 0.406. The van der Waals surface area contributed by atoms with Gasteiger partial charge in [0.15, 0.2) is 0 Å². The van der Waals surface area contributed by atoms with Gasteiger partial charge in [-0.15, -0.1) is 0 Å². The lowest BCUT2D eigenvalue weighted by molar-refractivity contribution is -0.0143. The number of halogens is 2. The van der Waals surface area contributed by atoms with E-state index in [1.807, 2.05) is 18.2 Å². The number of hydrogen-bond acceptors (Lipinski definition) is 5. The number of piperidine rings is 1. The molecular formula is C32H35F2N3O4S. The summed E-state index contributed by atoms with van der Waals surface area (Å²) in [5.74, 6) is -1.12. The molecule has 1 aliphatic carbocycles. The normalized spacial score (nSPS) is 23.0. The highest BCUT2D eigenvalue weighted by molar-refractivity contribution is 7.89. The van der Waals surface area contributed by atoms with Crippen LogP contribution in [0.25, 0.3) is 0 Å². The molecule has 2 saturated heterocycles. The first kappa shape index (κ1) is 28.8. The van der Waals surface area contributed by atoms with Gasteiger partial charge in [-0.3, -0.25) is 4.90 Å². The van der Waals surface area contributed by atoms with Gasteiger partial charge in [-0.2, -0.15) is 4.31 Å². The van der Waals surface area contributed by atoms with Crippen molar-refractivity contribution >= 4 is 16.1 Å². The van der Waals surface area contributed by atoms with E-state index in [-0.39, 0.29) is 4.90 Å². The molecule has 0 N–H and O–H groups in total. The van der Waals surface area contributed by atoms with Crippen molar-refractivity contribution in [1.82, 2.24) is 14.1 Å². The zero-order valence-electron chi connectivity index (χ0n) is 23.4. The van der Waals surface area contributed by atoms with E-state index in [9.17, 15) is 22.0 Å². The monoisotopic (exact) mass is 595 g/mol. The highest BCUT2D eigenvalue weighted by atomic mass is 32.2. The van der Waals surface area contributed by atoms with Crippen LogP contribution in [0.4, 0.5) is 13.6 Å². The number of ether oxygens (including phenoxy) is 1. The van der Waals surface area contributed by atoms with Crippen LogP contribution in [0.15, 0.2) is 83.8 Å². The van der Waals surface area contributed by atoms with E-state index in [2.05, 4.69) is 17.0 Å². The van der Waals surface area contributed by atoms with Gasteiger partial charge in [0.25, 0.3) is 0 Å². The van der Waals surface area contributed by atoms with Crippen LogP contribution in [0.2, 0.25) is 0 Å². The zero-order chi connectivity index (χ0) is 29.3. The minimum Gasteiger partial charge on any atom is -0.441 e. The predicted molar refractivity (Wildman–Crippen MR) is 154 cm³/mol. The molecule has 0 unspecified atom stereocenters. The third-order valence-electron chi connectivity index (χ3n) is 8.69. The molecule has 10 heteroatoms. The molecule has 0 spiro atoms. The molecule has 42 heavy (non-hydrogen) atoms. The Balaban J connectivity index is 1.23. The molecule has 0 bridgehead atoms. The van der Waals surface area contributed by atoms with Crippen LogP contribution in [0, 0.1) is 11.6 Å². The Morgan fingerprint density at radius 3 is 2.21 bits per heavy atom. The molecule has 2 aliphatic heterocycles. The van der Waals surface area contributed by atoms with Crippen LogP contribution >= 0.6 is 0 Å². The number of benzene rings is 3. The van der Waals surface area contributed by atoms with E-state index >= 15 is 0 Å². The van der Waals surface area contributed by atoms with E-state index in [0.717, 1.165) is 12.6 Å². The first-order valence-electron chi connectivity index (χ1n) is 14.5. The number of hydrogen-bond donors (Lipinski definition) is 0. The first-order chi connectivity index (χ1) is 20.2. The zero-order valence-corrected chi connectivity index (χ0v) is 24.2. The number of carbonyl (C=O) groups excluding carboxylic acids is 1. The summed E-state index contributed by atoms with van der Waals surface area (Å²) < 4.78 is 64.4. The third-order valence-corrected chi connectivity index (χ3v) is 10.6. The Kier molecular flexibility index (Phi) is 8.04. The Bertz CT molecular complexity index is 1530. The minimum absolute atomic E-state index is 0.174. The third kappa shape index (κ3) is 5.93. The fourth-order valence-electron chi connectivity index (χ4n) is 6.38. The Morgan fingerprint density at radius 2 is 1.55 bits per heavy atom. The predicted octanol–water partition coefficient (Wildman–Crippen LogP) is 5.74. The maximum absolute atomic E-state index is 14.3. The molecule has 3 aromatic rings. The van der Waals surface area contributed by atoms with Gasteiger partial charge in [-0.05, 0) is 73.6 Å². The van der Waals surface area contributed by atoms with E-state index in [4.69, 9.17) is 4.74 Å². The van der Waals surface area contributed by atoms with Crippen molar-refractivity contribution in [3.8, 4) is 0 Å². The van der Waals surface area contributed by atoms with Crippen LogP contribution in [0.1, 0.15) is 49.3 Å². The number of carbonyl (C=O) groups is 1. The van der Waals surface area contributed by atoms with Crippen LogP contribution in [-0.4, -0.2) is 66.4 Å². The quantitative estimate of drug-likeness (QED) is 0.349. The largest absolute Gasteiger partial charge is 0.441 e. The highest BCUT2D eigenvalue weighted by Gasteiger charge is 2.60. The smallest absolute Gasteiger partial charge is 0.410 e. The highest BCUT2D eigenvalue weighted by Crippen LogP contribution is 2.52. The molecule has 6 rings (SSSR count). The molecule has 2 heterocycles. The second-order valence-corrected chi connectivity index (χ2v) is 13.3. The standard InChI is InChI=1S/C32H35F2N3O4S/c33-26-10-4-9-25(21-26)29-13-6-14-30(37(29)42(39,40)28-12-5-11-27(34)22-28)32(15-16-32)41-31(38)36-19-17-35(18-20-36)23-24-7-2-1-3-8-24/h1-5,7-12,21-22,29-30H,6,13-20,23H2/t29-,30+/m0/s1. The molecule has 1 saturated carbocycles. The summed E-state index contributed by atoms with van der Waals surface area (Å²) >= 11 is 0. The van der Waals surface area contributed by atoms with E-state index in [1.54, 1.807) is 17.0 Å². The minimum atomic E-state index is -4.23. The Morgan fingerprint density at radius 1 is 0.857 bits per heavy atom. The Hall–Kier alpha value is -3.34. The van der Waals surface area contributed by atoms with Crippen LogP contribution in [-0.2, 0) is 21.3 Å². The van der Waals surface area contributed by atoms with Crippen molar-refractivity contribution in [2.24, 2.45) is 0 Å². The number of amides is 1. The number of nitrogens with zero attached hydrogens (tertiary/aromatic N) is 3. The van der Waals surface area contributed by atoms with Crippen molar-refractivity contribution < 1.29 is 26.7 Å². The average Bonchev–Trinajstić information content (AvgIpc) is 3.78. The number of rotatable bonds is 7. The summed E-state index contributed by atoms with van der Waals surface area (Å²) in [4.78, 5) is 17.3. The Labute approximate surface area is 245 Å². The lowest BCUT2D eigenvalue weighted by Crippen LogP contribution is -2.55. The average molecular weight is 596 g/mol. The summed E-state index contributed by atoms with van der Waals surface area (Å²) in [6.45, 7) is 3.27. The molecule has 3 fully saturated rings.